The number of aliphatic hydroxyl groups is 1. The fourth-order valence-corrected chi connectivity index (χ4v) is 6.62. The average molecular weight is 340 g/mol. The number of amides is 2. The molecule has 1 aromatic carbocycles. The fraction of sp³-hybridized carbons (Fsp3) is 0.667. The van der Waals surface area contributed by atoms with Gasteiger partial charge in [-0.2, -0.15) is 0 Å². The van der Waals surface area contributed by atoms with Gasteiger partial charge in [0, 0.05) is 12.6 Å². The van der Waals surface area contributed by atoms with Crippen molar-refractivity contribution in [2.45, 2.75) is 63.1 Å². The lowest BCUT2D eigenvalue weighted by Gasteiger charge is -2.59. The Balaban J connectivity index is 1.43. The number of hydrogen-bond acceptors (Lipinski definition) is 2. The van der Waals surface area contributed by atoms with Crippen molar-refractivity contribution in [3.05, 3.63) is 35.4 Å². The Morgan fingerprint density at radius 3 is 2.56 bits per heavy atom. The normalized spacial score (nSPS) is 45.1. The molecule has 6 rings (SSSR count). The molecule has 1 aliphatic heterocycles. The molecule has 134 valence electrons. The highest BCUT2D eigenvalue weighted by Gasteiger charge is 2.58. The Labute approximate surface area is 149 Å². The molecule has 5 fully saturated rings. The van der Waals surface area contributed by atoms with E-state index >= 15 is 0 Å². The Bertz CT molecular complexity index is 716. The Hall–Kier alpha value is -1.55. The lowest BCUT2D eigenvalue weighted by Crippen LogP contribution is -2.62. The van der Waals surface area contributed by atoms with E-state index in [2.05, 4.69) is 48.3 Å². The van der Waals surface area contributed by atoms with Gasteiger partial charge in [0.2, 0.25) is 0 Å². The zero-order valence-electron chi connectivity index (χ0n) is 15.2. The smallest absolute Gasteiger partial charge is 0.318 e. The van der Waals surface area contributed by atoms with Crippen LogP contribution in [0.15, 0.2) is 24.3 Å². The summed E-state index contributed by atoms with van der Waals surface area (Å²) in [6, 6.07) is 8.86. The second-order valence-electron chi connectivity index (χ2n) is 9.44. The molecule has 4 heteroatoms. The summed E-state index contributed by atoms with van der Waals surface area (Å²) in [5.74, 6) is 1.62. The molecule has 4 aliphatic carbocycles. The molecular weight excluding hydrogens is 312 g/mol. The third-order valence-corrected chi connectivity index (χ3v) is 7.34. The van der Waals surface area contributed by atoms with Crippen molar-refractivity contribution in [2.24, 2.45) is 17.8 Å². The maximum absolute atomic E-state index is 12.9. The highest BCUT2D eigenvalue weighted by molar-refractivity contribution is 5.79. The first kappa shape index (κ1) is 15.7. The molecule has 0 radical (unpaired) electrons. The highest BCUT2D eigenvalue weighted by atomic mass is 16.3. The fourth-order valence-electron chi connectivity index (χ4n) is 6.62. The summed E-state index contributed by atoms with van der Waals surface area (Å²) in [5.41, 5.74) is 1.65. The molecule has 3 atom stereocenters. The van der Waals surface area contributed by atoms with Gasteiger partial charge in [-0.25, -0.2) is 4.79 Å². The second kappa shape index (κ2) is 5.00. The molecule has 4 saturated carbocycles. The molecule has 2 amide bonds. The number of aryl methyl sites for hydroxylation is 1. The van der Waals surface area contributed by atoms with Gasteiger partial charge in [-0.1, -0.05) is 29.8 Å². The van der Waals surface area contributed by atoms with Gasteiger partial charge in [0.05, 0.1) is 11.1 Å². The molecule has 4 bridgehead atoms. The Morgan fingerprint density at radius 2 is 1.92 bits per heavy atom. The topological polar surface area (TPSA) is 52.6 Å². The van der Waals surface area contributed by atoms with E-state index in [0.717, 1.165) is 25.8 Å². The predicted molar refractivity (Wildman–Crippen MR) is 96.1 cm³/mol. The van der Waals surface area contributed by atoms with E-state index in [9.17, 15) is 9.90 Å². The van der Waals surface area contributed by atoms with E-state index in [-0.39, 0.29) is 11.6 Å². The van der Waals surface area contributed by atoms with Gasteiger partial charge in [-0.3, -0.25) is 0 Å². The van der Waals surface area contributed by atoms with Crippen LogP contribution < -0.4 is 5.32 Å². The van der Waals surface area contributed by atoms with Gasteiger partial charge in [-0.05, 0) is 69.3 Å². The largest absolute Gasteiger partial charge is 0.390 e. The van der Waals surface area contributed by atoms with E-state index in [4.69, 9.17) is 0 Å². The SMILES string of the molecule is Cc1cccc(C2(C)CN(C3C4CC5CC3CC(O)(C5)C4)C(=O)N2)c1. The van der Waals surface area contributed by atoms with Crippen LogP contribution in [0.3, 0.4) is 0 Å². The second-order valence-corrected chi connectivity index (χ2v) is 9.44. The average Bonchev–Trinajstić information content (AvgIpc) is 2.81. The first-order chi connectivity index (χ1) is 11.9. The lowest BCUT2D eigenvalue weighted by molar-refractivity contribution is -0.152. The minimum atomic E-state index is -0.441. The van der Waals surface area contributed by atoms with E-state index in [0.29, 0.717) is 23.8 Å². The highest BCUT2D eigenvalue weighted by Crippen LogP contribution is 2.57. The zero-order valence-corrected chi connectivity index (χ0v) is 15.2. The van der Waals surface area contributed by atoms with Crippen LogP contribution in [-0.4, -0.2) is 34.2 Å². The summed E-state index contributed by atoms with van der Waals surface area (Å²) >= 11 is 0. The summed E-state index contributed by atoms with van der Waals surface area (Å²) in [6.45, 7) is 4.97. The van der Waals surface area contributed by atoms with Gasteiger partial charge >= 0.3 is 6.03 Å². The van der Waals surface area contributed by atoms with Gasteiger partial charge < -0.3 is 15.3 Å². The number of carbonyl (C=O) groups excluding carboxylic acids is 1. The van der Waals surface area contributed by atoms with Crippen LogP contribution >= 0.6 is 0 Å². The van der Waals surface area contributed by atoms with Crippen LogP contribution in [0.2, 0.25) is 0 Å². The van der Waals surface area contributed by atoms with Crippen molar-refractivity contribution in [2.75, 3.05) is 6.54 Å². The molecule has 3 unspecified atom stereocenters. The number of nitrogens with zero attached hydrogens (tertiary/aromatic N) is 1. The van der Waals surface area contributed by atoms with Crippen molar-refractivity contribution >= 4 is 6.03 Å². The monoisotopic (exact) mass is 340 g/mol. The van der Waals surface area contributed by atoms with Crippen LogP contribution in [0.1, 0.15) is 50.2 Å². The van der Waals surface area contributed by atoms with Crippen molar-refractivity contribution in [1.82, 2.24) is 10.2 Å². The molecule has 2 N–H and O–H groups in total. The molecule has 0 aromatic heterocycles. The zero-order chi connectivity index (χ0) is 17.4. The van der Waals surface area contributed by atoms with E-state index in [1.54, 1.807) is 0 Å². The number of hydrogen-bond donors (Lipinski definition) is 2. The standard InChI is InChI=1S/C21H28N2O2/c1-13-4-3-5-17(6-13)20(2)12-23(19(24)22-20)18-15-7-14-8-16(18)11-21(25,9-14)10-15/h3-6,14-16,18,25H,7-12H2,1-2H3,(H,22,24). The quantitative estimate of drug-likeness (QED) is 0.869. The molecule has 1 heterocycles. The number of urea groups is 1. The predicted octanol–water partition coefficient (Wildman–Crippen LogP) is 3.18. The van der Waals surface area contributed by atoms with E-state index in [1.807, 2.05) is 0 Å². The van der Waals surface area contributed by atoms with Crippen molar-refractivity contribution in [3.8, 4) is 0 Å². The molecule has 5 aliphatic rings. The molecule has 0 spiro atoms. The van der Waals surface area contributed by atoms with Crippen LogP contribution in [0.25, 0.3) is 0 Å². The molecule has 1 saturated heterocycles. The van der Waals surface area contributed by atoms with Crippen molar-refractivity contribution in [1.29, 1.82) is 0 Å². The van der Waals surface area contributed by atoms with E-state index < -0.39 is 5.60 Å². The number of nitrogens with one attached hydrogen (secondary N) is 1. The number of benzene rings is 1. The third-order valence-electron chi connectivity index (χ3n) is 7.34. The van der Waals surface area contributed by atoms with Crippen LogP contribution in [0.4, 0.5) is 4.79 Å². The van der Waals surface area contributed by atoms with Gasteiger partial charge in [-0.15, -0.1) is 0 Å². The van der Waals surface area contributed by atoms with Crippen molar-refractivity contribution < 1.29 is 9.90 Å². The van der Waals surface area contributed by atoms with Crippen molar-refractivity contribution in [3.63, 3.8) is 0 Å². The van der Waals surface area contributed by atoms with Gasteiger partial charge in [0.15, 0.2) is 0 Å². The molecule has 25 heavy (non-hydrogen) atoms. The van der Waals surface area contributed by atoms with Crippen LogP contribution in [-0.2, 0) is 5.54 Å². The third kappa shape index (κ3) is 2.33. The minimum absolute atomic E-state index is 0.0773. The summed E-state index contributed by atoms with van der Waals surface area (Å²) in [6.07, 6.45) is 5.13. The van der Waals surface area contributed by atoms with Crippen LogP contribution in [0, 0.1) is 24.7 Å². The first-order valence-electron chi connectivity index (χ1n) is 9.74. The van der Waals surface area contributed by atoms with Gasteiger partial charge in [0.1, 0.15) is 0 Å². The number of rotatable bonds is 2. The lowest BCUT2D eigenvalue weighted by atomic mass is 9.52. The Kier molecular flexibility index (Phi) is 3.14. The van der Waals surface area contributed by atoms with Crippen LogP contribution in [0.5, 0.6) is 0 Å². The minimum Gasteiger partial charge on any atom is -0.390 e. The van der Waals surface area contributed by atoms with E-state index in [1.165, 1.54) is 24.0 Å². The Morgan fingerprint density at radius 1 is 1.20 bits per heavy atom. The molecular formula is C21H28N2O2. The maximum atomic E-state index is 12.9. The van der Waals surface area contributed by atoms with Gasteiger partial charge in [0.25, 0.3) is 0 Å². The maximum Gasteiger partial charge on any atom is 0.318 e. The molecule has 1 aromatic rings. The summed E-state index contributed by atoms with van der Waals surface area (Å²) in [4.78, 5) is 15.0. The first-order valence-corrected chi connectivity index (χ1v) is 9.74. The number of carbonyl (C=O) groups is 1. The summed E-state index contributed by atoms with van der Waals surface area (Å²) in [7, 11) is 0. The summed E-state index contributed by atoms with van der Waals surface area (Å²) in [5, 5.41) is 14.1. The molecule has 4 nitrogen and oxygen atoms in total. The summed E-state index contributed by atoms with van der Waals surface area (Å²) < 4.78 is 0.